The van der Waals surface area contributed by atoms with Crippen molar-refractivity contribution in [2.75, 3.05) is 0 Å². The number of carbonyl (C=O) groups is 1. The van der Waals surface area contributed by atoms with E-state index in [-0.39, 0.29) is 22.3 Å². The van der Waals surface area contributed by atoms with Gasteiger partial charge >= 0.3 is 6.18 Å². The molecule has 0 aliphatic carbocycles. The Balaban J connectivity index is 2.18. The maximum Gasteiger partial charge on any atom is 0.419 e. The van der Waals surface area contributed by atoms with Crippen LogP contribution in [0.5, 0.6) is 0 Å². The summed E-state index contributed by atoms with van der Waals surface area (Å²) in [5, 5.41) is 0.177. The molecule has 0 bridgehead atoms. The summed E-state index contributed by atoms with van der Waals surface area (Å²) in [5.41, 5.74) is -1.25. The zero-order valence-electron chi connectivity index (χ0n) is 11.4. The number of carbonyl (C=O) groups excluding carboxylic acids is 1. The summed E-state index contributed by atoms with van der Waals surface area (Å²) in [4.78, 5) is 15.7. The van der Waals surface area contributed by atoms with Gasteiger partial charge in [-0.2, -0.15) is 13.2 Å². The average Bonchev–Trinajstić information content (AvgIpc) is 2.38. The predicted molar refractivity (Wildman–Crippen MR) is 78.1 cm³/mol. The molecule has 0 fully saturated rings. The van der Waals surface area contributed by atoms with Gasteiger partial charge in [0.2, 0.25) is 0 Å². The third-order valence-corrected chi connectivity index (χ3v) is 3.38. The van der Waals surface area contributed by atoms with Gasteiger partial charge in [-0.15, -0.1) is 0 Å². The van der Waals surface area contributed by atoms with E-state index in [9.17, 15) is 22.4 Å². The minimum absolute atomic E-state index is 0.0885. The first-order valence-electron chi connectivity index (χ1n) is 6.35. The smallest absolute Gasteiger partial charge is 0.299 e. The van der Waals surface area contributed by atoms with Crippen LogP contribution in [0.15, 0.2) is 30.3 Å². The van der Waals surface area contributed by atoms with Crippen LogP contribution in [0, 0.1) is 5.82 Å². The lowest BCUT2D eigenvalue weighted by molar-refractivity contribution is -0.140. The molecule has 2 nitrogen and oxygen atoms in total. The third-order valence-electron chi connectivity index (χ3n) is 3.00. The summed E-state index contributed by atoms with van der Waals surface area (Å²) < 4.78 is 51.8. The maximum absolute atomic E-state index is 13.9. The van der Waals surface area contributed by atoms with Crippen molar-refractivity contribution in [3.63, 3.8) is 0 Å². The number of Topliss-reactive ketones (excluding diaryl/α,β-unsaturated/α-hetero) is 1. The van der Waals surface area contributed by atoms with Crippen LogP contribution < -0.4 is 0 Å². The van der Waals surface area contributed by atoms with Crippen molar-refractivity contribution in [3.05, 3.63) is 63.1 Å². The molecule has 122 valence electrons. The largest absolute Gasteiger partial charge is 0.419 e. The number of halogens is 6. The van der Waals surface area contributed by atoms with E-state index in [0.717, 1.165) is 12.1 Å². The first-order valence-corrected chi connectivity index (χ1v) is 7.10. The fourth-order valence-corrected chi connectivity index (χ4v) is 2.56. The third kappa shape index (κ3) is 4.65. The number of benzene rings is 1. The molecule has 0 saturated carbocycles. The molecule has 0 atom stereocenters. The highest BCUT2D eigenvalue weighted by Gasteiger charge is 2.34. The fourth-order valence-electron chi connectivity index (χ4n) is 2.05. The SMILES string of the molecule is O=C(Cc1cc(Cl)nc(Cl)c1)Cc1cccc(C(F)(F)F)c1F. The highest BCUT2D eigenvalue weighted by molar-refractivity contribution is 6.32. The minimum atomic E-state index is -4.81. The first-order chi connectivity index (χ1) is 10.7. The maximum atomic E-state index is 13.9. The number of hydrogen-bond acceptors (Lipinski definition) is 2. The highest BCUT2D eigenvalue weighted by Crippen LogP contribution is 2.32. The number of pyridine rings is 1. The predicted octanol–water partition coefficient (Wildman–Crippen LogP) is 4.90. The molecule has 0 radical (unpaired) electrons. The van der Waals surface area contributed by atoms with E-state index in [4.69, 9.17) is 23.2 Å². The lowest BCUT2D eigenvalue weighted by atomic mass is 10.0. The van der Waals surface area contributed by atoms with E-state index < -0.39 is 29.8 Å². The lowest BCUT2D eigenvalue weighted by Crippen LogP contribution is -2.13. The molecule has 1 aromatic carbocycles. The van der Waals surface area contributed by atoms with Crippen molar-refractivity contribution < 1.29 is 22.4 Å². The molecule has 2 rings (SSSR count). The highest BCUT2D eigenvalue weighted by atomic mass is 35.5. The Labute approximate surface area is 139 Å². The van der Waals surface area contributed by atoms with Gasteiger partial charge in [0.05, 0.1) is 5.56 Å². The normalized spacial score (nSPS) is 11.6. The number of hydrogen-bond donors (Lipinski definition) is 0. The van der Waals surface area contributed by atoms with Crippen molar-refractivity contribution in [2.45, 2.75) is 19.0 Å². The molecule has 0 N–H and O–H groups in total. The molecule has 0 amide bonds. The molecule has 23 heavy (non-hydrogen) atoms. The Hall–Kier alpha value is -1.66. The van der Waals surface area contributed by atoms with Crippen molar-refractivity contribution in [1.29, 1.82) is 0 Å². The monoisotopic (exact) mass is 365 g/mol. The second kappa shape index (κ2) is 6.84. The number of aromatic nitrogens is 1. The quantitative estimate of drug-likeness (QED) is 0.569. The number of rotatable bonds is 4. The van der Waals surface area contributed by atoms with Crippen LogP contribution in [0.1, 0.15) is 16.7 Å². The van der Waals surface area contributed by atoms with Gasteiger partial charge in [0.25, 0.3) is 0 Å². The Morgan fingerprint density at radius 3 is 2.26 bits per heavy atom. The molecule has 0 unspecified atom stereocenters. The van der Waals surface area contributed by atoms with E-state index in [0.29, 0.717) is 11.6 Å². The van der Waals surface area contributed by atoms with Crippen LogP contribution in [0.4, 0.5) is 17.6 Å². The van der Waals surface area contributed by atoms with E-state index in [1.807, 2.05) is 0 Å². The Kier molecular flexibility index (Phi) is 5.26. The molecular weight excluding hydrogens is 357 g/mol. The van der Waals surface area contributed by atoms with E-state index in [1.54, 1.807) is 0 Å². The Morgan fingerprint density at radius 2 is 1.70 bits per heavy atom. The molecule has 0 aliphatic rings. The zero-order chi connectivity index (χ0) is 17.2. The van der Waals surface area contributed by atoms with Crippen LogP contribution in [0.25, 0.3) is 0 Å². The van der Waals surface area contributed by atoms with Gasteiger partial charge < -0.3 is 0 Å². The van der Waals surface area contributed by atoms with Gasteiger partial charge in [-0.05, 0) is 29.3 Å². The summed E-state index contributed by atoms with van der Waals surface area (Å²) in [7, 11) is 0. The molecule has 0 spiro atoms. The minimum Gasteiger partial charge on any atom is -0.299 e. The van der Waals surface area contributed by atoms with Crippen molar-refractivity contribution in [3.8, 4) is 0 Å². The van der Waals surface area contributed by atoms with Crippen molar-refractivity contribution in [2.24, 2.45) is 0 Å². The second-order valence-corrected chi connectivity index (χ2v) is 5.56. The lowest BCUT2D eigenvalue weighted by Gasteiger charge is -2.11. The molecule has 0 aliphatic heterocycles. The summed E-state index contributed by atoms with van der Waals surface area (Å²) >= 11 is 11.4. The topological polar surface area (TPSA) is 30.0 Å². The first kappa shape index (κ1) is 17.7. The van der Waals surface area contributed by atoms with E-state index in [2.05, 4.69) is 4.98 Å². The zero-order valence-corrected chi connectivity index (χ0v) is 12.9. The van der Waals surface area contributed by atoms with Crippen LogP contribution in [-0.2, 0) is 23.8 Å². The Morgan fingerprint density at radius 1 is 1.09 bits per heavy atom. The van der Waals surface area contributed by atoms with Crippen LogP contribution >= 0.6 is 23.2 Å². The number of alkyl halides is 3. The fraction of sp³-hybridized carbons (Fsp3) is 0.200. The molecule has 8 heteroatoms. The van der Waals surface area contributed by atoms with Gasteiger partial charge in [-0.3, -0.25) is 4.79 Å². The van der Waals surface area contributed by atoms with Gasteiger partial charge in [-0.1, -0.05) is 35.3 Å². The average molecular weight is 366 g/mol. The van der Waals surface area contributed by atoms with Gasteiger partial charge in [0.15, 0.2) is 0 Å². The standard InChI is InChI=1S/C15H9Cl2F4NO/c16-12-5-8(6-13(17)22-12)4-10(23)7-9-2-1-3-11(14(9)18)15(19,20)21/h1-3,5-6H,4,7H2. The summed E-state index contributed by atoms with van der Waals surface area (Å²) in [5.74, 6) is -1.90. The van der Waals surface area contributed by atoms with E-state index >= 15 is 0 Å². The second-order valence-electron chi connectivity index (χ2n) is 4.79. The van der Waals surface area contributed by atoms with Crippen LogP contribution in [0.3, 0.4) is 0 Å². The van der Waals surface area contributed by atoms with Crippen LogP contribution in [0.2, 0.25) is 10.3 Å². The molecule has 1 heterocycles. The molecular formula is C15H9Cl2F4NO. The van der Waals surface area contributed by atoms with Gasteiger partial charge in [0.1, 0.15) is 21.9 Å². The summed E-state index contributed by atoms with van der Waals surface area (Å²) in [6.07, 6.45) is -5.42. The summed E-state index contributed by atoms with van der Waals surface area (Å²) in [6, 6.07) is 5.66. The van der Waals surface area contributed by atoms with E-state index in [1.165, 1.54) is 12.1 Å². The van der Waals surface area contributed by atoms with Crippen LogP contribution in [-0.4, -0.2) is 10.8 Å². The molecule has 2 aromatic rings. The molecule has 1 aromatic heterocycles. The number of ketones is 1. The van der Waals surface area contributed by atoms with Crippen molar-refractivity contribution in [1.82, 2.24) is 4.98 Å². The summed E-state index contributed by atoms with van der Waals surface area (Å²) in [6.45, 7) is 0. The van der Waals surface area contributed by atoms with Crippen molar-refractivity contribution >= 4 is 29.0 Å². The number of nitrogens with zero attached hydrogens (tertiary/aromatic N) is 1. The Bertz CT molecular complexity index is 726. The molecule has 0 saturated heterocycles. The van der Waals surface area contributed by atoms with Gasteiger partial charge in [-0.25, -0.2) is 9.37 Å². The van der Waals surface area contributed by atoms with Gasteiger partial charge in [0, 0.05) is 12.8 Å².